The average Bonchev–Trinajstić information content (AvgIpc) is 3.43. The molecule has 1 aliphatic carbocycles. The predicted molar refractivity (Wildman–Crippen MR) is 157 cm³/mol. The van der Waals surface area contributed by atoms with E-state index in [-0.39, 0.29) is 23.0 Å². The van der Waals surface area contributed by atoms with Crippen molar-refractivity contribution in [3.05, 3.63) is 146 Å². The van der Waals surface area contributed by atoms with Crippen LogP contribution in [-0.2, 0) is 0 Å². The first kappa shape index (κ1) is 25.3. The van der Waals surface area contributed by atoms with Gasteiger partial charge in [-0.3, -0.25) is 24.5 Å². The van der Waals surface area contributed by atoms with Crippen molar-refractivity contribution in [2.24, 2.45) is 5.41 Å². The summed E-state index contributed by atoms with van der Waals surface area (Å²) in [6.45, 7) is 0. The summed E-state index contributed by atoms with van der Waals surface area (Å²) < 4.78 is 0.842. The van der Waals surface area contributed by atoms with Gasteiger partial charge in [-0.2, -0.15) is 0 Å². The summed E-state index contributed by atoms with van der Waals surface area (Å²) in [6.07, 6.45) is 3.71. The van der Waals surface area contributed by atoms with Gasteiger partial charge in [-0.15, -0.1) is 0 Å². The van der Waals surface area contributed by atoms with E-state index in [2.05, 4.69) is 15.9 Å². The fourth-order valence-electron chi connectivity index (χ4n) is 6.93. The number of ketones is 3. The number of hydrogen-bond acceptors (Lipinski definition) is 6. The van der Waals surface area contributed by atoms with Crippen LogP contribution in [0.1, 0.15) is 48.1 Å². The maximum atomic E-state index is 14.6. The Kier molecular flexibility index (Phi) is 5.66. The van der Waals surface area contributed by atoms with Crippen LogP contribution in [0.4, 0.5) is 11.4 Å². The Bertz CT molecular complexity index is 1800. The SMILES string of the molecule is O=C(c1ccccc1)[C@H]1[C@H](c2cccc([N+](=O)[O-])c2)C2(C(=O)c3ccccc3C2=O)[C@H]2C=Cc3cc(Br)ccc3N12. The van der Waals surface area contributed by atoms with Crippen LogP contribution in [0.5, 0.6) is 0 Å². The van der Waals surface area contributed by atoms with Crippen LogP contribution in [0, 0.1) is 15.5 Å². The lowest BCUT2D eigenvalue weighted by atomic mass is 9.64. The van der Waals surface area contributed by atoms with Gasteiger partial charge in [0.15, 0.2) is 17.3 Å². The fourth-order valence-corrected chi connectivity index (χ4v) is 7.30. The van der Waals surface area contributed by atoms with Crippen molar-refractivity contribution in [2.45, 2.75) is 18.0 Å². The zero-order chi connectivity index (χ0) is 28.5. The summed E-state index contributed by atoms with van der Waals surface area (Å²) in [4.78, 5) is 57.1. The maximum Gasteiger partial charge on any atom is 0.269 e. The molecule has 7 rings (SSSR count). The molecular formula is C33H21BrN2O5. The zero-order valence-corrected chi connectivity index (χ0v) is 23.0. The number of carbonyl (C=O) groups is 3. The van der Waals surface area contributed by atoms with E-state index in [1.54, 1.807) is 60.7 Å². The van der Waals surface area contributed by atoms with Crippen LogP contribution in [0.15, 0.2) is 108 Å². The molecule has 0 amide bonds. The van der Waals surface area contributed by atoms with Crippen LogP contribution in [0.3, 0.4) is 0 Å². The number of carbonyl (C=O) groups excluding carboxylic acids is 3. The smallest absolute Gasteiger partial charge is 0.269 e. The standard InChI is InChI=1S/C33H21BrN2O5/c34-22-14-15-26-20(17-22)13-16-27-33(31(38)24-11-4-5-12-25(24)32(33)39)28(21-9-6-10-23(18-21)36(40)41)29(35(26)27)30(37)19-7-2-1-3-8-19/h1-18,27-29H/t27-,28+,29-/m1/s1. The zero-order valence-electron chi connectivity index (χ0n) is 21.4. The first-order valence-electron chi connectivity index (χ1n) is 13.1. The highest BCUT2D eigenvalue weighted by Crippen LogP contribution is 2.61. The summed E-state index contributed by atoms with van der Waals surface area (Å²) in [5, 5.41) is 11.9. The van der Waals surface area contributed by atoms with Gasteiger partial charge in [0.2, 0.25) is 0 Å². The summed E-state index contributed by atoms with van der Waals surface area (Å²) in [5.74, 6) is -2.03. The molecule has 3 atom stereocenters. The third-order valence-corrected chi connectivity index (χ3v) is 9.03. The fraction of sp³-hybridized carbons (Fsp3) is 0.121. The number of anilines is 1. The summed E-state index contributed by atoms with van der Waals surface area (Å²) >= 11 is 3.52. The molecule has 4 aromatic rings. The van der Waals surface area contributed by atoms with Gasteiger partial charge in [0.05, 0.1) is 11.0 Å². The Morgan fingerprint density at radius 3 is 2.22 bits per heavy atom. The van der Waals surface area contributed by atoms with Crippen LogP contribution < -0.4 is 4.90 Å². The molecule has 0 bridgehead atoms. The highest BCUT2D eigenvalue weighted by atomic mass is 79.9. The number of hydrogen-bond donors (Lipinski definition) is 0. The first-order chi connectivity index (χ1) is 19.8. The molecule has 0 saturated carbocycles. The van der Waals surface area contributed by atoms with E-state index in [1.807, 2.05) is 41.3 Å². The molecule has 3 aliphatic rings. The Labute approximate surface area is 243 Å². The molecule has 0 unspecified atom stereocenters. The molecule has 0 radical (unpaired) electrons. The largest absolute Gasteiger partial charge is 0.352 e. The monoisotopic (exact) mass is 604 g/mol. The van der Waals surface area contributed by atoms with E-state index in [4.69, 9.17) is 0 Å². The second-order valence-electron chi connectivity index (χ2n) is 10.5. The number of halogens is 1. The molecule has 41 heavy (non-hydrogen) atoms. The van der Waals surface area contributed by atoms with Gasteiger partial charge in [0.1, 0.15) is 11.5 Å². The number of nitro benzene ring substituents is 1. The number of non-ortho nitro benzene ring substituents is 1. The number of nitro groups is 1. The summed E-state index contributed by atoms with van der Waals surface area (Å²) in [5.41, 5.74) is 1.06. The Morgan fingerprint density at radius 2 is 1.54 bits per heavy atom. The third kappa shape index (κ3) is 3.47. The summed E-state index contributed by atoms with van der Waals surface area (Å²) in [6, 6.07) is 25.3. The van der Waals surface area contributed by atoms with Crippen LogP contribution in [-0.4, -0.2) is 34.4 Å². The predicted octanol–water partition coefficient (Wildman–Crippen LogP) is 6.67. The van der Waals surface area contributed by atoms with E-state index in [9.17, 15) is 24.5 Å². The first-order valence-corrected chi connectivity index (χ1v) is 13.9. The molecule has 1 spiro atoms. The maximum absolute atomic E-state index is 14.6. The second-order valence-corrected chi connectivity index (χ2v) is 11.4. The number of benzene rings is 4. The van der Waals surface area contributed by atoms with Crippen molar-refractivity contribution >= 4 is 50.7 Å². The minimum Gasteiger partial charge on any atom is -0.352 e. The lowest BCUT2D eigenvalue weighted by molar-refractivity contribution is -0.384. The van der Waals surface area contributed by atoms with Crippen molar-refractivity contribution in [1.29, 1.82) is 0 Å². The molecule has 2 aliphatic heterocycles. The molecule has 7 nitrogen and oxygen atoms in total. The topological polar surface area (TPSA) is 97.6 Å². The molecule has 2 heterocycles. The molecule has 8 heteroatoms. The Hall–Kier alpha value is -4.69. The van der Waals surface area contributed by atoms with Gasteiger partial charge < -0.3 is 4.90 Å². The third-order valence-electron chi connectivity index (χ3n) is 8.53. The molecule has 1 fully saturated rings. The molecule has 1 saturated heterocycles. The number of Topliss-reactive ketones (excluding diaryl/α,β-unsaturated/α-hetero) is 3. The van der Waals surface area contributed by atoms with Crippen LogP contribution in [0.25, 0.3) is 6.08 Å². The van der Waals surface area contributed by atoms with Crippen molar-refractivity contribution in [1.82, 2.24) is 0 Å². The normalized spacial score (nSPS) is 21.5. The number of rotatable bonds is 4. The minimum atomic E-state index is -1.71. The minimum absolute atomic E-state index is 0.177. The van der Waals surface area contributed by atoms with E-state index in [0.717, 1.165) is 10.0 Å². The van der Waals surface area contributed by atoms with Gasteiger partial charge in [-0.05, 0) is 29.3 Å². The van der Waals surface area contributed by atoms with Gasteiger partial charge >= 0.3 is 0 Å². The highest BCUT2D eigenvalue weighted by Gasteiger charge is 2.71. The lowest BCUT2D eigenvalue weighted by Gasteiger charge is -2.37. The van der Waals surface area contributed by atoms with Crippen molar-refractivity contribution in [2.75, 3.05) is 4.90 Å². The van der Waals surface area contributed by atoms with Crippen molar-refractivity contribution in [3.8, 4) is 0 Å². The van der Waals surface area contributed by atoms with E-state index in [0.29, 0.717) is 27.9 Å². The highest BCUT2D eigenvalue weighted by molar-refractivity contribution is 9.10. The molecular weight excluding hydrogens is 584 g/mol. The van der Waals surface area contributed by atoms with Crippen LogP contribution in [0.2, 0.25) is 0 Å². The number of nitrogens with zero attached hydrogens (tertiary/aromatic N) is 2. The van der Waals surface area contributed by atoms with Gasteiger partial charge in [-0.1, -0.05) is 94.8 Å². The molecule has 0 aromatic heterocycles. The Morgan fingerprint density at radius 1 is 0.854 bits per heavy atom. The molecule has 4 aromatic carbocycles. The van der Waals surface area contributed by atoms with Gasteiger partial charge in [0, 0.05) is 44.9 Å². The lowest BCUT2D eigenvalue weighted by Crippen LogP contribution is -2.48. The quantitative estimate of drug-likeness (QED) is 0.112. The van der Waals surface area contributed by atoms with Gasteiger partial charge in [0.25, 0.3) is 5.69 Å². The van der Waals surface area contributed by atoms with E-state index < -0.39 is 28.3 Å². The van der Waals surface area contributed by atoms with E-state index in [1.165, 1.54) is 12.1 Å². The van der Waals surface area contributed by atoms with Gasteiger partial charge in [-0.25, -0.2) is 0 Å². The second kappa shape index (κ2) is 9.17. The average molecular weight is 605 g/mol. The number of fused-ring (bicyclic) bond motifs is 5. The van der Waals surface area contributed by atoms with E-state index >= 15 is 0 Å². The van der Waals surface area contributed by atoms with Crippen molar-refractivity contribution < 1.29 is 19.3 Å². The van der Waals surface area contributed by atoms with Crippen LogP contribution >= 0.6 is 15.9 Å². The van der Waals surface area contributed by atoms with Crippen molar-refractivity contribution in [3.63, 3.8) is 0 Å². The molecule has 200 valence electrons. The molecule has 0 N–H and O–H groups in total. The Balaban J connectivity index is 1.57. The summed E-state index contributed by atoms with van der Waals surface area (Å²) in [7, 11) is 0.